The van der Waals surface area contributed by atoms with Gasteiger partial charge in [0, 0.05) is 6.54 Å². The Balaban J connectivity index is 2.18. The van der Waals surface area contributed by atoms with Crippen LogP contribution < -0.4 is 10.5 Å². The van der Waals surface area contributed by atoms with Crippen molar-refractivity contribution in [3.05, 3.63) is 34.8 Å². The average Bonchev–Trinajstić information content (AvgIpc) is 2.69. The van der Waals surface area contributed by atoms with Crippen LogP contribution in [0.5, 0.6) is 10.9 Å². The molecule has 15 heavy (non-hydrogen) atoms. The molecule has 0 aliphatic heterocycles. The number of ether oxygens (including phenoxy) is 1. The standard InChI is InChI=1S/C10H11N3OS/c1-7-4-2-3-5-8(7)14-10-13-12-9(6-11)15-10/h2-5H,6,11H2,1H3. The van der Waals surface area contributed by atoms with Gasteiger partial charge in [0.05, 0.1) is 0 Å². The number of benzene rings is 1. The number of aromatic nitrogens is 2. The van der Waals surface area contributed by atoms with Crippen LogP contribution in [0, 0.1) is 6.92 Å². The minimum absolute atomic E-state index is 0.398. The molecule has 0 bridgehead atoms. The number of aryl methyl sites for hydroxylation is 1. The predicted molar refractivity (Wildman–Crippen MR) is 59.1 cm³/mol. The molecule has 2 aromatic rings. The molecule has 2 rings (SSSR count). The number of nitrogens with zero attached hydrogens (tertiary/aromatic N) is 2. The van der Waals surface area contributed by atoms with Crippen molar-refractivity contribution in [2.24, 2.45) is 5.73 Å². The van der Waals surface area contributed by atoms with Crippen LogP contribution in [0.3, 0.4) is 0 Å². The molecule has 0 atom stereocenters. The number of hydrogen-bond acceptors (Lipinski definition) is 5. The van der Waals surface area contributed by atoms with E-state index in [9.17, 15) is 0 Å². The quantitative estimate of drug-likeness (QED) is 0.862. The second kappa shape index (κ2) is 4.37. The molecule has 5 heteroatoms. The van der Waals surface area contributed by atoms with Gasteiger partial charge in [-0.3, -0.25) is 0 Å². The van der Waals surface area contributed by atoms with Crippen molar-refractivity contribution in [1.29, 1.82) is 0 Å². The van der Waals surface area contributed by atoms with Gasteiger partial charge < -0.3 is 10.5 Å². The van der Waals surface area contributed by atoms with Gasteiger partial charge in [0.1, 0.15) is 10.8 Å². The Labute approximate surface area is 91.7 Å². The number of hydrogen-bond donors (Lipinski definition) is 1. The van der Waals surface area contributed by atoms with Crippen LogP contribution in [-0.2, 0) is 6.54 Å². The zero-order chi connectivity index (χ0) is 10.7. The van der Waals surface area contributed by atoms with Gasteiger partial charge in [0.2, 0.25) is 0 Å². The lowest BCUT2D eigenvalue weighted by molar-refractivity contribution is 0.469. The van der Waals surface area contributed by atoms with Gasteiger partial charge in [-0.15, -0.1) is 5.10 Å². The second-order valence-electron chi connectivity index (χ2n) is 3.03. The molecule has 1 aromatic heterocycles. The summed E-state index contributed by atoms with van der Waals surface area (Å²) in [6.45, 7) is 2.38. The molecule has 4 nitrogen and oxygen atoms in total. The SMILES string of the molecule is Cc1ccccc1Oc1nnc(CN)s1. The van der Waals surface area contributed by atoms with E-state index in [0.717, 1.165) is 16.3 Å². The summed E-state index contributed by atoms with van der Waals surface area (Å²) in [6, 6.07) is 7.78. The first-order valence-corrected chi connectivity index (χ1v) is 5.37. The first-order chi connectivity index (χ1) is 7.29. The van der Waals surface area contributed by atoms with Gasteiger partial charge in [-0.05, 0) is 18.6 Å². The highest BCUT2D eigenvalue weighted by Gasteiger charge is 2.05. The summed E-state index contributed by atoms with van der Waals surface area (Å²) in [5, 5.41) is 9.08. The van der Waals surface area contributed by atoms with Crippen molar-refractivity contribution in [2.75, 3.05) is 0 Å². The highest BCUT2D eigenvalue weighted by Crippen LogP contribution is 2.26. The summed E-state index contributed by atoms with van der Waals surface area (Å²) < 4.78 is 5.58. The van der Waals surface area contributed by atoms with E-state index >= 15 is 0 Å². The summed E-state index contributed by atoms with van der Waals surface area (Å²) in [5.41, 5.74) is 6.51. The first kappa shape index (κ1) is 10.1. The summed E-state index contributed by atoms with van der Waals surface area (Å²) in [7, 11) is 0. The van der Waals surface area contributed by atoms with Gasteiger partial charge >= 0.3 is 0 Å². The van der Waals surface area contributed by atoms with E-state index < -0.39 is 0 Å². The van der Waals surface area contributed by atoms with Crippen molar-refractivity contribution < 1.29 is 4.74 Å². The van der Waals surface area contributed by atoms with E-state index in [2.05, 4.69) is 10.2 Å². The fourth-order valence-electron chi connectivity index (χ4n) is 1.13. The molecular formula is C10H11N3OS. The first-order valence-electron chi connectivity index (χ1n) is 4.55. The van der Waals surface area contributed by atoms with Gasteiger partial charge in [0.25, 0.3) is 5.19 Å². The van der Waals surface area contributed by atoms with Gasteiger partial charge in [-0.25, -0.2) is 0 Å². The number of para-hydroxylation sites is 1. The molecule has 78 valence electrons. The number of nitrogens with two attached hydrogens (primary N) is 1. The Morgan fingerprint density at radius 2 is 2.13 bits per heavy atom. The third-order valence-corrected chi connectivity index (χ3v) is 2.74. The van der Waals surface area contributed by atoms with E-state index in [-0.39, 0.29) is 0 Å². The van der Waals surface area contributed by atoms with Crippen LogP contribution in [0.1, 0.15) is 10.6 Å². The van der Waals surface area contributed by atoms with E-state index in [4.69, 9.17) is 10.5 Å². The van der Waals surface area contributed by atoms with Crippen molar-refractivity contribution in [2.45, 2.75) is 13.5 Å². The molecule has 0 aliphatic rings. The maximum atomic E-state index is 5.58. The number of rotatable bonds is 3. The summed E-state index contributed by atoms with van der Waals surface area (Å²) in [4.78, 5) is 0. The second-order valence-corrected chi connectivity index (χ2v) is 4.06. The Morgan fingerprint density at radius 3 is 2.80 bits per heavy atom. The Hall–Kier alpha value is -1.46. The fraction of sp³-hybridized carbons (Fsp3) is 0.200. The topological polar surface area (TPSA) is 61.0 Å². The van der Waals surface area contributed by atoms with Crippen LogP contribution in [0.2, 0.25) is 0 Å². The molecular weight excluding hydrogens is 210 g/mol. The van der Waals surface area contributed by atoms with Crippen LogP contribution in [0.25, 0.3) is 0 Å². The summed E-state index contributed by atoms with van der Waals surface area (Å²) >= 11 is 1.37. The third-order valence-electron chi connectivity index (χ3n) is 1.91. The highest BCUT2D eigenvalue weighted by molar-refractivity contribution is 7.13. The van der Waals surface area contributed by atoms with Crippen molar-refractivity contribution in [3.8, 4) is 10.9 Å². The zero-order valence-corrected chi connectivity index (χ0v) is 9.12. The summed E-state index contributed by atoms with van der Waals surface area (Å²) in [5.74, 6) is 0.803. The largest absolute Gasteiger partial charge is 0.430 e. The molecule has 0 aliphatic carbocycles. The molecule has 0 unspecified atom stereocenters. The smallest absolute Gasteiger partial charge is 0.299 e. The van der Waals surface area contributed by atoms with Crippen LogP contribution in [0.4, 0.5) is 0 Å². The maximum absolute atomic E-state index is 5.58. The highest BCUT2D eigenvalue weighted by atomic mass is 32.1. The molecule has 0 fully saturated rings. The van der Waals surface area contributed by atoms with E-state index in [1.54, 1.807) is 0 Å². The molecule has 0 saturated heterocycles. The molecule has 2 N–H and O–H groups in total. The lowest BCUT2D eigenvalue weighted by atomic mass is 10.2. The molecule has 0 saturated carbocycles. The molecule has 1 heterocycles. The molecule has 0 spiro atoms. The van der Waals surface area contributed by atoms with Crippen molar-refractivity contribution in [1.82, 2.24) is 10.2 Å². The normalized spacial score (nSPS) is 10.3. The monoisotopic (exact) mass is 221 g/mol. The predicted octanol–water partition coefficient (Wildman–Crippen LogP) is 2.10. The molecule has 0 radical (unpaired) electrons. The van der Waals surface area contributed by atoms with Crippen LogP contribution in [0.15, 0.2) is 24.3 Å². The zero-order valence-electron chi connectivity index (χ0n) is 8.30. The van der Waals surface area contributed by atoms with Crippen LogP contribution >= 0.6 is 11.3 Å². The van der Waals surface area contributed by atoms with Crippen molar-refractivity contribution >= 4 is 11.3 Å². The van der Waals surface area contributed by atoms with E-state index in [0.29, 0.717) is 11.7 Å². The summed E-state index contributed by atoms with van der Waals surface area (Å²) in [6.07, 6.45) is 0. The lowest BCUT2D eigenvalue weighted by Crippen LogP contribution is -1.94. The Morgan fingerprint density at radius 1 is 1.33 bits per heavy atom. The Kier molecular flexibility index (Phi) is 2.94. The molecule has 0 amide bonds. The molecule has 1 aromatic carbocycles. The van der Waals surface area contributed by atoms with Crippen molar-refractivity contribution in [3.63, 3.8) is 0 Å². The minimum Gasteiger partial charge on any atom is -0.430 e. The van der Waals surface area contributed by atoms with E-state index in [1.807, 2.05) is 31.2 Å². The van der Waals surface area contributed by atoms with Gasteiger partial charge in [-0.2, -0.15) is 0 Å². The fourth-order valence-corrected chi connectivity index (χ4v) is 1.71. The minimum atomic E-state index is 0.398. The average molecular weight is 221 g/mol. The van der Waals surface area contributed by atoms with Gasteiger partial charge in [-0.1, -0.05) is 34.6 Å². The lowest BCUT2D eigenvalue weighted by Gasteiger charge is -2.03. The van der Waals surface area contributed by atoms with Gasteiger partial charge in [0.15, 0.2) is 0 Å². The third kappa shape index (κ3) is 2.31. The van der Waals surface area contributed by atoms with E-state index in [1.165, 1.54) is 11.3 Å². The maximum Gasteiger partial charge on any atom is 0.299 e. The van der Waals surface area contributed by atoms with Crippen LogP contribution in [-0.4, -0.2) is 10.2 Å². The Bertz CT molecular complexity index is 455.